The van der Waals surface area contributed by atoms with Gasteiger partial charge in [-0.1, -0.05) is 24.6 Å². The van der Waals surface area contributed by atoms with Crippen LogP contribution in [0.1, 0.15) is 25.7 Å². The Morgan fingerprint density at radius 1 is 0.970 bits per heavy atom. The van der Waals surface area contributed by atoms with E-state index in [0.29, 0.717) is 22.4 Å². The van der Waals surface area contributed by atoms with Gasteiger partial charge in [-0.25, -0.2) is 14.2 Å². The third-order valence-corrected chi connectivity index (χ3v) is 5.96. The van der Waals surface area contributed by atoms with Gasteiger partial charge in [-0.05, 0) is 49.6 Å². The van der Waals surface area contributed by atoms with Crippen molar-refractivity contribution in [3.05, 3.63) is 70.3 Å². The SMILES string of the molecule is Br.COc1ccc(-c2cn3c(n2)/c(=C2\CCCCCN2)c(=O)n3-c2ccccc2)cc1OC. The topological polar surface area (TPSA) is 69.8 Å². The van der Waals surface area contributed by atoms with Gasteiger partial charge < -0.3 is 14.8 Å². The third kappa shape index (κ3) is 4.11. The van der Waals surface area contributed by atoms with Crippen molar-refractivity contribution in [2.24, 2.45) is 0 Å². The molecule has 0 saturated carbocycles. The maximum Gasteiger partial charge on any atom is 0.283 e. The molecule has 5 rings (SSSR count). The molecule has 7 nitrogen and oxygen atoms in total. The second-order valence-corrected chi connectivity index (χ2v) is 7.91. The van der Waals surface area contributed by atoms with Crippen molar-refractivity contribution < 1.29 is 9.47 Å². The Morgan fingerprint density at radius 2 is 1.76 bits per heavy atom. The van der Waals surface area contributed by atoms with Gasteiger partial charge in [-0.3, -0.25) is 4.79 Å². The summed E-state index contributed by atoms with van der Waals surface area (Å²) in [5.74, 6) is 1.30. The molecule has 1 saturated heterocycles. The Hall–Kier alpha value is -3.26. The predicted octanol–water partition coefficient (Wildman–Crippen LogP) is 3.74. The van der Waals surface area contributed by atoms with Gasteiger partial charge >= 0.3 is 0 Å². The summed E-state index contributed by atoms with van der Waals surface area (Å²) in [6, 6.07) is 15.4. The normalized spacial score (nSPS) is 15.5. The van der Waals surface area contributed by atoms with Crippen LogP contribution in [0.3, 0.4) is 0 Å². The summed E-state index contributed by atoms with van der Waals surface area (Å²) in [6.45, 7) is 0.876. The van der Waals surface area contributed by atoms with Crippen molar-refractivity contribution in [2.75, 3.05) is 20.8 Å². The van der Waals surface area contributed by atoms with Gasteiger partial charge in [0.05, 0.1) is 31.8 Å². The van der Waals surface area contributed by atoms with E-state index in [1.165, 1.54) is 0 Å². The zero-order chi connectivity index (χ0) is 22.1. The standard InChI is InChI=1S/C25H26N4O3.BrH/c1-31-21-13-12-17(15-22(21)32-2)20-16-28-24(27-20)23(19-11-7-4-8-14-26-19)25(30)29(28)18-9-5-3-6-10-18;/h3,5-6,9-10,12-13,15-16,26H,4,7-8,11,14H2,1-2H3;1H/b23-19-;. The first-order valence-electron chi connectivity index (χ1n) is 10.9. The zero-order valence-electron chi connectivity index (χ0n) is 18.7. The van der Waals surface area contributed by atoms with Crippen LogP contribution in [0.2, 0.25) is 0 Å². The molecule has 1 N–H and O–H groups in total. The van der Waals surface area contributed by atoms with Gasteiger partial charge in [0.1, 0.15) is 5.22 Å². The van der Waals surface area contributed by atoms with E-state index in [-0.39, 0.29) is 22.5 Å². The van der Waals surface area contributed by atoms with Crippen molar-refractivity contribution in [1.29, 1.82) is 0 Å². The van der Waals surface area contributed by atoms with E-state index in [0.717, 1.165) is 54.9 Å². The van der Waals surface area contributed by atoms with E-state index in [2.05, 4.69) is 5.32 Å². The zero-order valence-corrected chi connectivity index (χ0v) is 20.4. The molecule has 1 aliphatic heterocycles. The fourth-order valence-corrected chi connectivity index (χ4v) is 4.35. The van der Waals surface area contributed by atoms with Gasteiger partial charge in [0.2, 0.25) is 0 Å². The molecule has 2 aromatic carbocycles. The minimum atomic E-state index is -0.0537. The van der Waals surface area contributed by atoms with Gasteiger partial charge in [0.15, 0.2) is 17.1 Å². The summed E-state index contributed by atoms with van der Waals surface area (Å²) in [5, 5.41) is 4.15. The summed E-state index contributed by atoms with van der Waals surface area (Å²) >= 11 is 0. The van der Waals surface area contributed by atoms with Crippen molar-refractivity contribution in [2.45, 2.75) is 25.7 Å². The first-order chi connectivity index (χ1) is 15.7. The molecule has 0 bridgehead atoms. The van der Waals surface area contributed by atoms with Gasteiger partial charge in [-0.15, -0.1) is 17.0 Å². The number of nitrogens with one attached hydrogen (secondary N) is 1. The number of imidazole rings is 1. The molecule has 0 aliphatic carbocycles. The van der Waals surface area contributed by atoms with E-state index < -0.39 is 0 Å². The van der Waals surface area contributed by atoms with Crippen molar-refractivity contribution in [1.82, 2.24) is 19.5 Å². The van der Waals surface area contributed by atoms with Crippen LogP contribution in [0.25, 0.3) is 28.3 Å². The summed E-state index contributed by atoms with van der Waals surface area (Å²) in [5.41, 5.74) is 4.05. The Bertz CT molecular complexity index is 1370. The lowest BCUT2D eigenvalue weighted by molar-refractivity contribution is 0.355. The molecule has 4 aromatic rings. The highest BCUT2D eigenvalue weighted by molar-refractivity contribution is 8.93. The number of benzene rings is 2. The van der Waals surface area contributed by atoms with E-state index >= 15 is 0 Å². The number of hydrogen-bond donors (Lipinski definition) is 1. The number of rotatable bonds is 4. The van der Waals surface area contributed by atoms with E-state index in [4.69, 9.17) is 14.5 Å². The molecule has 0 amide bonds. The van der Waals surface area contributed by atoms with E-state index in [1.54, 1.807) is 18.9 Å². The minimum absolute atomic E-state index is 0. The fourth-order valence-electron chi connectivity index (χ4n) is 4.35. The molecular weight excluding hydrogens is 484 g/mol. The number of halogens is 1. The first-order valence-corrected chi connectivity index (χ1v) is 10.9. The van der Waals surface area contributed by atoms with Crippen LogP contribution in [0.4, 0.5) is 0 Å². The second kappa shape index (κ2) is 9.70. The highest BCUT2D eigenvalue weighted by atomic mass is 79.9. The van der Waals surface area contributed by atoms with Crippen molar-refractivity contribution >= 4 is 28.3 Å². The number of ether oxygens (including phenoxy) is 2. The number of aromatic nitrogens is 3. The van der Waals surface area contributed by atoms with Gasteiger partial charge in [-0.2, -0.15) is 0 Å². The Labute approximate surface area is 202 Å². The van der Waals surface area contributed by atoms with Crippen LogP contribution in [0.15, 0.2) is 59.5 Å². The molecule has 1 fully saturated rings. The van der Waals surface area contributed by atoms with Gasteiger partial charge in [0.25, 0.3) is 5.56 Å². The molecule has 172 valence electrons. The second-order valence-electron chi connectivity index (χ2n) is 7.91. The fraction of sp³-hybridized carbons (Fsp3) is 0.280. The minimum Gasteiger partial charge on any atom is -0.493 e. The Morgan fingerprint density at radius 3 is 2.52 bits per heavy atom. The maximum atomic E-state index is 13.6. The lowest BCUT2D eigenvalue weighted by atomic mass is 10.1. The summed E-state index contributed by atoms with van der Waals surface area (Å²) in [7, 11) is 3.23. The molecule has 0 spiro atoms. The number of nitrogens with zero attached hydrogens (tertiary/aromatic N) is 3. The molecule has 0 radical (unpaired) electrons. The Kier molecular flexibility index (Phi) is 6.74. The molecule has 8 heteroatoms. The molecular formula is C25H27BrN4O3. The first kappa shape index (κ1) is 22.9. The van der Waals surface area contributed by atoms with Crippen molar-refractivity contribution in [3.8, 4) is 28.4 Å². The molecule has 2 aromatic heterocycles. The highest BCUT2D eigenvalue weighted by Gasteiger charge is 2.20. The van der Waals surface area contributed by atoms with Crippen LogP contribution in [0, 0.1) is 0 Å². The van der Waals surface area contributed by atoms with Crippen molar-refractivity contribution in [3.63, 3.8) is 0 Å². The lowest BCUT2D eigenvalue weighted by Gasteiger charge is -2.08. The number of para-hydroxylation sites is 1. The highest BCUT2D eigenvalue weighted by Crippen LogP contribution is 2.32. The summed E-state index contributed by atoms with van der Waals surface area (Å²) in [4.78, 5) is 18.5. The summed E-state index contributed by atoms with van der Waals surface area (Å²) < 4.78 is 14.4. The number of fused-ring (bicyclic) bond motifs is 1. The van der Waals surface area contributed by atoms with Crippen LogP contribution >= 0.6 is 17.0 Å². The average molecular weight is 511 g/mol. The van der Waals surface area contributed by atoms with E-state index in [1.807, 2.05) is 59.2 Å². The van der Waals surface area contributed by atoms with E-state index in [9.17, 15) is 4.79 Å². The lowest BCUT2D eigenvalue weighted by Crippen LogP contribution is -2.33. The maximum absolute atomic E-state index is 13.6. The largest absolute Gasteiger partial charge is 0.493 e. The number of methoxy groups -OCH3 is 2. The monoisotopic (exact) mass is 510 g/mol. The molecule has 1 aliphatic rings. The molecule has 3 heterocycles. The predicted molar refractivity (Wildman–Crippen MR) is 135 cm³/mol. The summed E-state index contributed by atoms with van der Waals surface area (Å²) in [6.07, 6.45) is 6.09. The molecule has 0 atom stereocenters. The van der Waals surface area contributed by atoms with Crippen LogP contribution in [0.5, 0.6) is 11.5 Å². The third-order valence-electron chi connectivity index (χ3n) is 5.96. The van der Waals surface area contributed by atoms with Crippen LogP contribution in [-0.4, -0.2) is 34.9 Å². The smallest absolute Gasteiger partial charge is 0.283 e. The van der Waals surface area contributed by atoms with Gasteiger partial charge in [0, 0.05) is 17.8 Å². The Balaban J connectivity index is 0.00000259. The quantitative estimate of drug-likeness (QED) is 0.452. The molecule has 0 unspecified atom stereocenters. The van der Waals surface area contributed by atoms with Crippen LogP contribution in [-0.2, 0) is 0 Å². The molecule has 33 heavy (non-hydrogen) atoms. The average Bonchev–Trinajstić information content (AvgIpc) is 3.22. The van der Waals surface area contributed by atoms with Crippen LogP contribution < -0.4 is 25.6 Å². The number of hydrogen-bond acceptors (Lipinski definition) is 5.